The Morgan fingerprint density at radius 3 is 2.81 bits per heavy atom. The van der Waals surface area contributed by atoms with Gasteiger partial charge in [-0.3, -0.25) is 4.79 Å². The van der Waals surface area contributed by atoms with Crippen LogP contribution in [-0.2, 0) is 16.1 Å². The molecule has 1 aromatic heterocycles. The molecule has 0 saturated carbocycles. The van der Waals surface area contributed by atoms with Crippen molar-refractivity contribution in [2.45, 2.75) is 39.5 Å². The summed E-state index contributed by atoms with van der Waals surface area (Å²) in [5.41, 5.74) is 6.34. The van der Waals surface area contributed by atoms with Crippen LogP contribution in [0.3, 0.4) is 0 Å². The van der Waals surface area contributed by atoms with Crippen LogP contribution in [0.2, 0.25) is 0 Å². The minimum absolute atomic E-state index is 0.0326. The monoisotopic (exact) mass is 306 g/mol. The normalized spacial score (nSPS) is 28.0. The van der Waals surface area contributed by atoms with E-state index < -0.39 is 0 Å². The fourth-order valence-electron chi connectivity index (χ4n) is 2.74. The minimum atomic E-state index is -0.0847. The van der Waals surface area contributed by atoms with E-state index in [4.69, 9.17) is 10.5 Å². The first-order valence-corrected chi connectivity index (χ1v) is 8.11. The predicted octanol–water partition coefficient (Wildman–Crippen LogP) is 1.73. The summed E-state index contributed by atoms with van der Waals surface area (Å²) in [5, 5.41) is 5.00. The van der Waals surface area contributed by atoms with Crippen molar-refractivity contribution < 1.29 is 9.53 Å². The standard InChI is InChI=1S/C16H22N2O2S/c1-10-11(2)20-12(3)15(10)16(19)18-9-14-13(5-4-7-17)6-8-21-14/h6,8,10-12,15H,7,9,17H2,1-3H3,(H,18,19). The molecule has 4 unspecified atom stereocenters. The van der Waals surface area contributed by atoms with E-state index in [0.29, 0.717) is 13.1 Å². The average Bonchev–Trinajstić information content (AvgIpc) is 2.99. The zero-order valence-corrected chi connectivity index (χ0v) is 13.5. The van der Waals surface area contributed by atoms with Crippen LogP contribution < -0.4 is 11.1 Å². The topological polar surface area (TPSA) is 64.3 Å². The average molecular weight is 306 g/mol. The van der Waals surface area contributed by atoms with Gasteiger partial charge >= 0.3 is 0 Å². The highest BCUT2D eigenvalue weighted by Crippen LogP contribution is 2.32. The number of thiophene rings is 1. The molecular weight excluding hydrogens is 284 g/mol. The summed E-state index contributed by atoms with van der Waals surface area (Å²) >= 11 is 1.60. The molecule has 3 N–H and O–H groups in total. The van der Waals surface area contributed by atoms with E-state index in [1.54, 1.807) is 11.3 Å². The van der Waals surface area contributed by atoms with Gasteiger partial charge in [0.25, 0.3) is 0 Å². The van der Waals surface area contributed by atoms with Crippen molar-refractivity contribution in [3.05, 3.63) is 21.9 Å². The van der Waals surface area contributed by atoms with E-state index in [2.05, 4.69) is 24.1 Å². The zero-order chi connectivity index (χ0) is 15.4. The first kappa shape index (κ1) is 16.0. The van der Waals surface area contributed by atoms with Gasteiger partial charge in [-0.2, -0.15) is 0 Å². The molecule has 21 heavy (non-hydrogen) atoms. The SMILES string of the molecule is CC1OC(C)C(C(=O)NCc2sccc2C#CCN)C1C. The van der Waals surface area contributed by atoms with E-state index in [1.807, 2.05) is 25.3 Å². The molecule has 4 atom stereocenters. The third kappa shape index (κ3) is 3.65. The fraction of sp³-hybridized carbons (Fsp3) is 0.562. The largest absolute Gasteiger partial charge is 0.374 e. The molecule has 114 valence electrons. The first-order valence-electron chi connectivity index (χ1n) is 7.23. The summed E-state index contributed by atoms with van der Waals surface area (Å²) in [6.45, 7) is 6.91. The predicted molar refractivity (Wildman–Crippen MR) is 84.8 cm³/mol. The summed E-state index contributed by atoms with van der Waals surface area (Å²) in [4.78, 5) is 13.5. The number of ether oxygens (including phenoxy) is 1. The third-order valence-electron chi connectivity index (χ3n) is 4.04. The van der Waals surface area contributed by atoms with Gasteiger partial charge in [-0.05, 0) is 31.2 Å². The second-order valence-corrected chi connectivity index (χ2v) is 6.41. The van der Waals surface area contributed by atoms with E-state index in [-0.39, 0.29) is 30.0 Å². The molecule has 1 aromatic rings. The zero-order valence-electron chi connectivity index (χ0n) is 12.7. The van der Waals surface area contributed by atoms with Gasteiger partial charge in [0.15, 0.2) is 0 Å². The van der Waals surface area contributed by atoms with E-state index in [1.165, 1.54) is 0 Å². The maximum Gasteiger partial charge on any atom is 0.226 e. The third-order valence-corrected chi connectivity index (χ3v) is 4.96. The Bertz CT molecular complexity index is 558. The van der Waals surface area contributed by atoms with Crippen LogP contribution >= 0.6 is 11.3 Å². The molecule has 4 nitrogen and oxygen atoms in total. The van der Waals surface area contributed by atoms with Gasteiger partial charge in [-0.15, -0.1) is 11.3 Å². The summed E-state index contributed by atoms with van der Waals surface area (Å²) in [6.07, 6.45) is 0.0957. The van der Waals surface area contributed by atoms with Crippen molar-refractivity contribution in [3.63, 3.8) is 0 Å². The van der Waals surface area contributed by atoms with Crippen LogP contribution in [0, 0.1) is 23.7 Å². The highest BCUT2D eigenvalue weighted by atomic mass is 32.1. The lowest BCUT2D eigenvalue weighted by Gasteiger charge is -2.17. The molecule has 0 aromatic carbocycles. The Morgan fingerprint density at radius 2 is 2.19 bits per heavy atom. The Balaban J connectivity index is 1.97. The maximum absolute atomic E-state index is 12.4. The number of nitrogens with two attached hydrogens (primary N) is 1. The number of carbonyl (C=O) groups is 1. The molecule has 0 aliphatic carbocycles. The smallest absolute Gasteiger partial charge is 0.226 e. The molecular formula is C16H22N2O2S. The summed E-state index contributed by atoms with van der Waals surface area (Å²) < 4.78 is 5.73. The molecule has 1 aliphatic rings. The highest BCUT2D eigenvalue weighted by Gasteiger charge is 2.41. The van der Waals surface area contributed by atoms with Crippen LogP contribution in [0.5, 0.6) is 0 Å². The van der Waals surface area contributed by atoms with Gasteiger partial charge in [0.05, 0.1) is 31.2 Å². The molecule has 1 aliphatic heterocycles. The number of rotatable bonds is 3. The van der Waals surface area contributed by atoms with Crippen molar-refractivity contribution >= 4 is 17.2 Å². The van der Waals surface area contributed by atoms with Gasteiger partial charge in [0, 0.05) is 10.4 Å². The molecule has 0 radical (unpaired) electrons. The molecule has 1 amide bonds. The molecule has 2 rings (SSSR count). The number of amides is 1. The maximum atomic E-state index is 12.4. The minimum Gasteiger partial charge on any atom is -0.374 e. The van der Waals surface area contributed by atoms with Gasteiger partial charge in [0.2, 0.25) is 5.91 Å². The van der Waals surface area contributed by atoms with Crippen molar-refractivity contribution in [2.24, 2.45) is 17.6 Å². The number of nitrogens with one attached hydrogen (secondary N) is 1. The fourth-order valence-corrected chi connectivity index (χ4v) is 3.51. The van der Waals surface area contributed by atoms with E-state index in [9.17, 15) is 4.79 Å². The van der Waals surface area contributed by atoms with Crippen LogP contribution in [0.1, 0.15) is 31.2 Å². The lowest BCUT2D eigenvalue weighted by Crippen LogP contribution is -2.36. The number of hydrogen-bond donors (Lipinski definition) is 2. The Labute approximate surface area is 130 Å². The summed E-state index contributed by atoms with van der Waals surface area (Å²) in [6, 6.07) is 1.96. The molecule has 0 bridgehead atoms. The summed E-state index contributed by atoms with van der Waals surface area (Å²) in [5.74, 6) is 6.09. The van der Waals surface area contributed by atoms with Gasteiger partial charge in [-0.25, -0.2) is 0 Å². The molecule has 1 saturated heterocycles. The Kier molecular flexibility index (Phi) is 5.40. The van der Waals surface area contributed by atoms with Gasteiger partial charge in [0.1, 0.15) is 0 Å². The molecule has 1 fully saturated rings. The lowest BCUT2D eigenvalue weighted by molar-refractivity contribution is -0.127. The van der Waals surface area contributed by atoms with Crippen LogP contribution in [0.25, 0.3) is 0 Å². The van der Waals surface area contributed by atoms with Crippen molar-refractivity contribution in [2.75, 3.05) is 6.54 Å². The van der Waals surface area contributed by atoms with Gasteiger partial charge < -0.3 is 15.8 Å². The van der Waals surface area contributed by atoms with Crippen molar-refractivity contribution in [1.82, 2.24) is 5.32 Å². The van der Waals surface area contributed by atoms with Crippen LogP contribution in [0.15, 0.2) is 11.4 Å². The Morgan fingerprint density at radius 1 is 1.43 bits per heavy atom. The van der Waals surface area contributed by atoms with E-state index >= 15 is 0 Å². The van der Waals surface area contributed by atoms with Crippen LogP contribution in [-0.4, -0.2) is 24.7 Å². The van der Waals surface area contributed by atoms with Gasteiger partial charge in [-0.1, -0.05) is 18.8 Å². The summed E-state index contributed by atoms with van der Waals surface area (Å²) in [7, 11) is 0. The molecule has 5 heteroatoms. The van der Waals surface area contributed by atoms with E-state index in [0.717, 1.165) is 10.4 Å². The highest BCUT2D eigenvalue weighted by molar-refractivity contribution is 7.10. The van der Waals surface area contributed by atoms with Crippen molar-refractivity contribution in [3.8, 4) is 11.8 Å². The second kappa shape index (κ2) is 7.08. The van der Waals surface area contributed by atoms with Crippen molar-refractivity contribution in [1.29, 1.82) is 0 Å². The lowest BCUT2D eigenvalue weighted by atomic mass is 9.89. The molecule has 2 heterocycles. The van der Waals surface area contributed by atoms with Crippen LogP contribution in [0.4, 0.5) is 0 Å². The molecule has 0 spiro atoms. The second-order valence-electron chi connectivity index (χ2n) is 5.41. The Hall–Kier alpha value is -1.35. The number of carbonyl (C=O) groups excluding carboxylic acids is 1. The first-order chi connectivity index (χ1) is 10.0. The number of hydrogen-bond acceptors (Lipinski definition) is 4. The quantitative estimate of drug-likeness (QED) is 0.836.